The summed E-state index contributed by atoms with van der Waals surface area (Å²) in [6, 6.07) is 9.82. The maximum atomic E-state index is 12.5. The minimum atomic E-state index is -0.549. The second-order valence-corrected chi connectivity index (χ2v) is 7.60. The van der Waals surface area contributed by atoms with Crippen LogP contribution < -0.4 is 5.32 Å². The van der Waals surface area contributed by atoms with Gasteiger partial charge < -0.3 is 5.32 Å². The SMILES string of the molecule is Cc1nn(CC(=O)Nc2ccc([N+](=O)[O-])cc2Cl)c2nccc(-c3cccs3)c12. The number of nitrogens with one attached hydrogen (secondary N) is 1. The van der Waals surface area contributed by atoms with Crippen molar-refractivity contribution in [1.82, 2.24) is 14.8 Å². The van der Waals surface area contributed by atoms with Crippen LogP contribution in [0.1, 0.15) is 5.69 Å². The van der Waals surface area contributed by atoms with Gasteiger partial charge >= 0.3 is 0 Å². The van der Waals surface area contributed by atoms with Crippen molar-refractivity contribution in [2.75, 3.05) is 5.32 Å². The molecular weight excluding hydrogens is 414 g/mol. The Kier molecular flexibility index (Phi) is 4.99. The van der Waals surface area contributed by atoms with Gasteiger partial charge in [-0.05, 0) is 30.5 Å². The Bertz CT molecular complexity index is 1240. The fourth-order valence-corrected chi connectivity index (χ4v) is 4.05. The number of non-ortho nitro benzene ring substituents is 1. The van der Waals surface area contributed by atoms with E-state index < -0.39 is 4.92 Å². The highest BCUT2D eigenvalue weighted by molar-refractivity contribution is 7.13. The minimum Gasteiger partial charge on any atom is -0.323 e. The van der Waals surface area contributed by atoms with E-state index in [9.17, 15) is 14.9 Å². The molecule has 3 aromatic heterocycles. The standard InChI is InChI=1S/C19H14ClN5O3S/c1-11-18-13(16-3-2-8-29-16)6-7-21-19(18)24(23-11)10-17(26)22-15-5-4-12(25(27)28)9-14(15)20/h2-9H,10H2,1H3,(H,22,26). The summed E-state index contributed by atoms with van der Waals surface area (Å²) in [5, 5.41) is 20.9. The Morgan fingerprint density at radius 2 is 2.17 bits per heavy atom. The van der Waals surface area contributed by atoms with E-state index in [0.717, 1.165) is 21.5 Å². The van der Waals surface area contributed by atoms with E-state index >= 15 is 0 Å². The number of pyridine rings is 1. The summed E-state index contributed by atoms with van der Waals surface area (Å²) in [7, 11) is 0. The molecule has 0 saturated carbocycles. The molecule has 29 heavy (non-hydrogen) atoms. The Morgan fingerprint density at radius 1 is 1.34 bits per heavy atom. The third-order valence-electron chi connectivity index (χ3n) is 4.33. The highest BCUT2D eigenvalue weighted by Gasteiger charge is 2.17. The number of nitrogens with zero attached hydrogens (tertiary/aromatic N) is 4. The van der Waals surface area contributed by atoms with Crippen molar-refractivity contribution in [3.05, 3.63) is 68.8 Å². The number of fused-ring (bicyclic) bond motifs is 1. The summed E-state index contributed by atoms with van der Waals surface area (Å²) in [6.07, 6.45) is 1.69. The molecule has 0 spiro atoms. The lowest BCUT2D eigenvalue weighted by molar-refractivity contribution is -0.384. The molecule has 10 heteroatoms. The van der Waals surface area contributed by atoms with Crippen molar-refractivity contribution >= 4 is 51.3 Å². The molecule has 0 aliphatic carbocycles. The molecule has 1 N–H and O–H groups in total. The van der Waals surface area contributed by atoms with Crippen molar-refractivity contribution in [3.8, 4) is 10.4 Å². The number of thiophene rings is 1. The molecule has 1 aromatic carbocycles. The lowest BCUT2D eigenvalue weighted by Crippen LogP contribution is -2.20. The third-order valence-corrected chi connectivity index (χ3v) is 5.54. The second kappa shape index (κ2) is 7.61. The van der Waals surface area contributed by atoms with Gasteiger partial charge in [0.25, 0.3) is 5.69 Å². The van der Waals surface area contributed by atoms with E-state index in [1.54, 1.807) is 17.5 Å². The van der Waals surface area contributed by atoms with Crippen molar-refractivity contribution in [2.24, 2.45) is 0 Å². The van der Waals surface area contributed by atoms with Gasteiger partial charge in [0, 0.05) is 28.8 Å². The topological polar surface area (TPSA) is 103 Å². The van der Waals surface area contributed by atoms with Crippen LogP contribution in [0.5, 0.6) is 0 Å². The maximum Gasteiger partial charge on any atom is 0.271 e. The molecule has 0 fully saturated rings. The van der Waals surface area contributed by atoms with Gasteiger partial charge in [-0.25, -0.2) is 9.67 Å². The predicted octanol–water partition coefficient (Wildman–Crippen LogP) is 4.67. The monoisotopic (exact) mass is 427 g/mol. The van der Waals surface area contributed by atoms with Crippen LogP contribution in [0.2, 0.25) is 5.02 Å². The fraction of sp³-hybridized carbons (Fsp3) is 0.105. The van der Waals surface area contributed by atoms with Gasteiger partial charge in [-0.2, -0.15) is 5.10 Å². The number of carbonyl (C=O) groups excluding carboxylic acids is 1. The van der Waals surface area contributed by atoms with E-state index in [4.69, 9.17) is 11.6 Å². The number of anilines is 1. The summed E-state index contributed by atoms with van der Waals surface area (Å²) in [6.45, 7) is 1.81. The molecule has 0 bridgehead atoms. The number of nitro groups is 1. The number of hydrogen-bond acceptors (Lipinski definition) is 6. The molecule has 146 valence electrons. The first-order valence-electron chi connectivity index (χ1n) is 8.54. The van der Waals surface area contributed by atoms with Crippen molar-refractivity contribution in [1.29, 1.82) is 0 Å². The highest BCUT2D eigenvalue weighted by atomic mass is 35.5. The van der Waals surface area contributed by atoms with Crippen molar-refractivity contribution in [3.63, 3.8) is 0 Å². The molecule has 0 saturated heterocycles. The van der Waals surface area contributed by atoms with Gasteiger partial charge in [0.15, 0.2) is 5.65 Å². The lowest BCUT2D eigenvalue weighted by Gasteiger charge is -2.08. The van der Waals surface area contributed by atoms with Crippen LogP contribution in [0.15, 0.2) is 48.0 Å². The van der Waals surface area contributed by atoms with Crippen molar-refractivity contribution in [2.45, 2.75) is 13.5 Å². The molecule has 8 nitrogen and oxygen atoms in total. The number of carbonyl (C=O) groups is 1. The molecular formula is C19H14ClN5O3S. The Hall–Kier alpha value is -3.30. The lowest BCUT2D eigenvalue weighted by atomic mass is 10.1. The predicted molar refractivity (Wildman–Crippen MR) is 112 cm³/mol. The van der Waals surface area contributed by atoms with Crippen LogP contribution in [0.4, 0.5) is 11.4 Å². The number of nitro benzene ring substituents is 1. The zero-order valence-electron chi connectivity index (χ0n) is 15.1. The molecule has 3 heterocycles. The van der Waals surface area contributed by atoms with Gasteiger partial charge in [-0.1, -0.05) is 17.7 Å². The molecule has 4 rings (SSSR count). The maximum absolute atomic E-state index is 12.5. The number of aryl methyl sites for hydroxylation is 1. The molecule has 0 atom stereocenters. The van der Waals surface area contributed by atoms with E-state index in [1.807, 2.05) is 30.5 Å². The molecule has 4 aromatic rings. The highest BCUT2D eigenvalue weighted by Crippen LogP contribution is 2.32. The average molecular weight is 428 g/mol. The van der Waals surface area contributed by atoms with Gasteiger partial charge in [-0.3, -0.25) is 14.9 Å². The number of halogens is 1. The first-order valence-corrected chi connectivity index (χ1v) is 9.79. The van der Waals surface area contributed by atoms with Gasteiger partial charge in [0.05, 0.1) is 26.7 Å². The minimum absolute atomic E-state index is 0.0709. The molecule has 0 unspecified atom stereocenters. The quantitative estimate of drug-likeness (QED) is 0.368. The number of amides is 1. The number of hydrogen-bond donors (Lipinski definition) is 1. The largest absolute Gasteiger partial charge is 0.323 e. The molecule has 0 aliphatic rings. The summed E-state index contributed by atoms with van der Waals surface area (Å²) in [5.74, 6) is -0.367. The first kappa shape index (κ1) is 19.0. The van der Waals surface area contributed by atoms with Crippen LogP contribution in [0.3, 0.4) is 0 Å². The Balaban J connectivity index is 1.61. The van der Waals surface area contributed by atoms with Gasteiger partial charge in [0.2, 0.25) is 5.91 Å². The third kappa shape index (κ3) is 3.69. The van der Waals surface area contributed by atoms with Crippen LogP contribution in [0.25, 0.3) is 21.5 Å². The number of aromatic nitrogens is 3. The Morgan fingerprint density at radius 3 is 2.86 bits per heavy atom. The second-order valence-electron chi connectivity index (χ2n) is 6.25. The van der Waals surface area contributed by atoms with E-state index in [0.29, 0.717) is 11.3 Å². The summed E-state index contributed by atoms with van der Waals surface area (Å²) < 4.78 is 1.54. The normalized spacial score (nSPS) is 11.0. The van der Waals surface area contributed by atoms with E-state index in [-0.39, 0.29) is 23.2 Å². The smallest absolute Gasteiger partial charge is 0.271 e. The fourth-order valence-electron chi connectivity index (χ4n) is 3.07. The van der Waals surface area contributed by atoms with E-state index in [1.165, 1.54) is 22.9 Å². The van der Waals surface area contributed by atoms with Gasteiger partial charge in [0.1, 0.15) is 6.54 Å². The Labute approximate surface area is 173 Å². The summed E-state index contributed by atoms with van der Waals surface area (Å²) in [5.41, 5.74) is 2.55. The summed E-state index contributed by atoms with van der Waals surface area (Å²) in [4.78, 5) is 28.3. The molecule has 1 amide bonds. The number of rotatable bonds is 5. The van der Waals surface area contributed by atoms with Crippen LogP contribution in [-0.4, -0.2) is 25.6 Å². The van der Waals surface area contributed by atoms with Gasteiger partial charge in [-0.15, -0.1) is 11.3 Å². The zero-order chi connectivity index (χ0) is 20.5. The zero-order valence-corrected chi connectivity index (χ0v) is 16.7. The molecule has 0 radical (unpaired) electrons. The van der Waals surface area contributed by atoms with E-state index in [2.05, 4.69) is 15.4 Å². The molecule has 0 aliphatic heterocycles. The summed E-state index contributed by atoms with van der Waals surface area (Å²) >= 11 is 7.67. The van der Waals surface area contributed by atoms with Crippen LogP contribution in [-0.2, 0) is 11.3 Å². The average Bonchev–Trinajstić information content (AvgIpc) is 3.32. The van der Waals surface area contributed by atoms with Crippen LogP contribution in [0, 0.1) is 17.0 Å². The number of benzene rings is 1. The van der Waals surface area contributed by atoms with Crippen LogP contribution >= 0.6 is 22.9 Å². The van der Waals surface area contributed by atoms with Crippen molar-refractivity contribution < 1.29 is 9.72 Å². The first-order chi connectivity index (χ1) is 13.9.